The van der Waals surface area contributed by atoms with Crippen LogP contribution in [0.25, 0.3) is 21.8 Å². The maximum atomic E-state index is 4.14. The monoisotopic (exact) mass is 186 g/mol. The highest BCUT2D eigenvalue weighted by Gasteiger charge is 2.01. The number of rotatable bonds is 0. The highest BCUT2D eigenvalue weighted by Crippen LogP contribution is 2.24. The molecule has 2 heterocycles. The molecule has 0 fully saturated rings. The van der Waals surface area contributed by atoms with Gasteiger partial charge in [0, 0.05) is 21.5 Å². The standard InChI is InChI=1S/C10H6N2S/c1-2-4-9-7(3-1)8-5-13-6-10(8)12-11-9/h1-6H. The summed E-state index contributed by atoms with van der Waals surface area (Å²) in [6.07, 6.45) is 0. The van der Waals surface area contributed by atoms with E-state index >= 15 is 0 Å². The Morgan fingerprint density at radius 1 is 0.846 bits per heavy atom. The lowest BCUT2D eigenvalue weighted by atomic mass is 10.2. The van der Waals surface area contributed by atoms with Crippen molar-refractivity contribution in [3.63, 3.8) is 0 Å². The Hall–Kier alpha value is -1.48. The highest BCUT2D eigenvalue weighted by atomic mass is 32.1. The first-order valence-electron chi connectivity index (χ1n) is 4.02. The van der Waals surface area contributed by atoms with Crippen LogP contribution in [0.5, 0.6) is 0 Å². The lowest BCUT2D eigenvalue weighted by molar-refractivity contribution is 1.13. The van der Waals surface area contributed by atoms with Crippen molar-refractivity contribution in [2.45, 2.75) is 0 Å². The Morgan fingerprint density at radius 2 is 1.69 bits per heavy atom. The van der Waals surface area contributed by atoms with Crippen molar-refractivity contribution in [2.24, 2.45) is 0 Å². The predicted molar refractivity (Wildman–Crippen MR) is 54.9 cm³/mol. The van der Waals surface area contributed by atoms with Crippen molar-refractivity contribution in [3.05, 3.63) is 35.0 Å². The fourth-order valence-corrected chi connectivity index (χ4v) is 2.22. The molecule has 0 aliphatic rings. The van der Waals surface area contributed by atoms with Gasteiger partial charge < -0.3 is 0 Å². The van der Waals surface area contributed by atoms with Crippen LogP contribution in [0.4, 0.5) is 0 Å². The maximum Gasteiger partial charge on any atom is 0.104 e. The molecule has 3 aromatic rings. The number of benzene rings is 1. The van der Waals surface area contributed by atoms with Crippen LogP contribution >= 0.6 is 11.3 Å². The van der Waals surface area contributed by atoms with Gasteiger partial charge in [0.25, 0.3) is 0 Å². The number of hydrogen-bond donors (Lipinski definition) is 0. The number of aromatic nitrogens is 2. The van der Waals surface area contributed by atoms with Crippen LogP contribution in [0, 0.1) is 0 Å². The molecule has 3 rings (SSSR count). The summed E-state index contributed by atoms with van der Waals surface area (Å²) in [4.78, 5) is 0. The van der Waals surface area contributed by atoms with E-state index in [9.17, 15) is 0 Å². The summed E-state index contributed by atoms with van der Waals surface area (Å²) in [6.45, 7) is 0. The van der Waals surface area contributed by atoms with Gasteiger partial charge in [0.1, 0.15) is 5.52 Å². The molecule has 0 saturated carbocycles. The zero-order valence-corrected chi connectivity index (χ0v) is 7.58. The van der Waals surface area contributed by atoms with E-state index in [1.165, 1.54) is 10.8 Å². The summed E-state index contributed by atoms with van der Waals surface area (Å²) in [5.41, 5.74) is 1.96. The Balaban J connectivity index is 2.65. The molecule has 0 amide bonds. The molecule has 0 atom stereocenters. The Morgan fingerprint density at radius 3 is 2.69 bits per heavy atom. The molecule has 0 saturated heterocycles. The fraction of sp³-hybridized carbons (Fsp3) is 0. The number of hydrogen-bond acceptors (Lipinski definition) is 3. The first-order valence-corrected chi connectivity index (χ1v) is 4.97. The van der Waals surface area contributed by atoms with Gasteiger partial charge in [-0.3, -0.25) is 0 Å². The van der Waals surface area contributed by atoms with Gasteiger partial charge in [-0.05, 0) is 6.07 Å². The largest absolute Gasteiger partial charge is 0.150 e. The summed E-state index contributed by atoms with van der Waals surface area (Å²) in [5, 5.41) is 14.8. The molecular weight excluding hydrogens is 180 g/mol. The van der Waals surface area contributed by atoms with Crippen molar-refractivity contribution in [1.82, 2.24) is 10.2 Å². The number of thiophene rings is 1. The average molecular weight is 186 g/mol. The third kappa shape index (κ3) is 0.939. The van der Waals surface area contributed by atoms with E-state index in [4.69, 9.17) is 0 Å². The van der Waals surface area contributed by atoms with E-state index in [2.05, 4.69) is 21.6 Å². The molecular formula is C10H6N2S. The van der Waals surface area contributed by atoms with Crippen LogP contribution in [0.3, 0.4) is 0 Å². The fourth-order valence-electron chi connectivity index (χ4n) is 1.47. The van der Waals surface area contributed by atoms with E-state index in [1.807, 2.05) is 23.6 Å². The molecule has 0 aliphatic heterocycles. The molecule has 0 N–H and O–H groups in total. The minimum Gasteiger partial charge on any atom is -0.150 e. The van der Waals surface area contributed by atoms with Gasteiger partial charge in [-0.25, -0.2) is 0 Å². The SMILES string of the molecule is c1ccc2c(c1)nnc1cscc12. The third-order valence-corrected chi connectivity index (χ3v) is 2.83. The van der Waals surface area contributed by atoms with Gasteiger partial charge in [0.2, 0.25) is 0 Å². The minimum absolute atomic E-state index is 0.966. The van der Waals surface area contributed by atoms with Gasteiger partial charge in [0.05, 0.1) is 5.52 Å². The van der Waals surface area contributed by atoms with Gasteiger partial charge in [-0.2, -0.15) is 0 Å². The van der Waals surface area contributed by atoms with E-state index in [-0.39, 0.29) is 0 Å². The molecule has 13 heavy (non-hydrogen) atoms. The lowest BCUT2D eigenvalue weighted by Gasteiger charge is -1.95. The van der Waals surface area contributed by atoms with Crippen LogP contribution in [-0.4, -0.2) is 10.2 Å². The lowest BCUT2D eigenvalue weighted by Crippen LogP contribution is -1.83. The van der Waals surface area contributed by atoms with Crippen molar-refractivity contribution in [2.75, 3.05) is 0 Å². The summed E-state index contributed by atoms with van der Waals surface area (Å²) >= 11 is 1.67. The highest BCUT2D eigenvalue weighted by molar-refractivity contribution is 7.09. The van der Waals surface area contributed by atoms with Crippen molar-refractivity contribution >= 4 is 33.1 Å². The van der Waals surface area contributed by atoms with Crippen LogP contribution in [-0.2, 0) is 0 Å². The molecule has 1 aromatic carbocycles. The van der Waals surface area contributed by atoms with Crippen LogP contribution in [0.1, 0.15) is 0 Å². The van der Waals surface area contributed by atoms with Crippen LogP contribution < -0.4 is 0 Å². The van der Waals surface area contributed by atoms with Crippen molar-refractivity contribution < 1.29 is 0 Å². The first-order chi connectivity index (χ1) is 6.45. The second kappa shape index (κ2) is 2.50. The predicted octanol–water partition coefficient (Wildman–Crippen LogP) is 2.84. The normalized spacial score (nSPS) is 11.1. The summed E-state index contributed by atoms with van der Waals surface area (Å²) in [5.74, 6) is 0. The molecule has 62 valence electrons. The second-order valence-electron chi connectivity index (χ2n) is 2.89. The maximum absolute atomic E-state index is 4.14. The van der Waals surface area contributed by atoms with E-state index in [0.29, 0.717) is 0 Å². The van der Waals surface area contributed by atoms with Crippen LogP contribution in [0.2, 0.25) is 0 Å². The molecule has 2 aromatic heterocycles. The van der Waals surface area contributed by atoms with Crippen molar-refractivity contribution in [1.29, 1.82) is 0 Å². The minimum atomic E-state index is 0.966. The zero-order chi connectivity index (χ0) is 8.67. The molecule has 0 bridgehead atoms. The van der Waals surface area contributed by atoms with E-state index in [0.717, 1.165) is 11.0 Å². The second-order valence-corrected chi connectivity index (χ2v) is 3.63. The topological polar surface area (TPSA) is 25.8 Å². The van der Waals surface area contributed by atoms with E-state index in [1.54, 1.807) is 11.3 Å². The zero-order valence-electron chi connectivity index (χ0n) is 6.77. The van der Waals surface area contributed by atoms with Gasteiger partial charge in [0.15, 0.2) is 0 Å². The van der Waals surface area contributed by atoms with E-state index < -0.39 is 0 Å². The Kier molecular flexibility index (Phi) is 1.34. The van der Waals surface area contributed by atoms with Gasteiger partial charge in [-0.1, -0.05) is 18.2 Å². The quantitative estimate of drug-likeness (QED) is 0.539. The van der Waals surface area contributed by atoms with Crippen LogP contribution in [0.15, 0.2) is 35.0 Å². The molecule has 0 radical (unpaired) electrons. The molecule has 0 unspecified atom stereocenters. The molecule has 0 spiro atoms. The summed E-state index contributed by atoms with van der Waals surface area (Å²) < 4.78 is 0. The molecule has 3 heteroatoms. The number of nitrogens with zero attached hydrogens (tertiary/aromatic N) is 2. The first kappa shape index (κ1) is 6.97. The Labute approximate surface area is 78.8 Å². The molecule has 2 nitrogen and oxygen atoms in total. The van der Waals surface area contributed by atoms with Gasteiger partial charge in [-0.15, -0.1) is 21.5 Å². The molecule has 0 aliphatic carbocycles. The Bertz CT molecular complexity index is 571. The smallest absolute Gasteiger partial charge is 0.104 e. The number of fused-ring (bicyclic) bond motifs is 3. The van der Waals surface area contributed by atoms with Gasteiger partial charge >= 0.3 is 0 Å². The average Bonchev–Trinajstić information content (AvgIpc) is 2.65. The summed E-state index contributed by atoms with van der Waals surface area (Å²) in [6, 6.07) is 8.08. The third-order valence-electron chi connectivity index (χ3n) is 2.10. The summed E-state index contributed by atoms with van der Waals surface area (Å²) in [7, 11) is 0. The van der Waals surface area contributed by atoms with Crippen molar-refractivity contribution in [3.8, 4) is 0 Å².